The summed E-state index contributed by atoms with van der Waals surface area (Å²) in [5.74, 6) is 4.41. The third-order valence-corrected chi connectivity index (χ3v) is 23.5. The van der Waals surface area contributed by atoms with Gasteiger partial charge in [0.1, 0.15) is 6.10 Å². The third-order valence-electron chi connectivity index (χ3n) is 23.5. The van der Waals surface area contributed by atoms with Crippen LogP contribution in [0.15, 0.2) is 46.6 Å². The Morgan fingerprint density at radius 3 is 1.79 bits per heavy atom. The Balaban J connectivity index is 0.000000197. The number of allylic oxidation sites excluding steroid dienone is 5. The lowest BCUT2D eigenvalue weighted by Crippen LogP contribution is -2.56. The van der Waals surface area contributed by atoms with Crippen LogP contribution < -0.4 is 0 Å². The van der Waals surface area contributed by atoms with Gasteiger partial charge in [0.25, 0.3) is 6.47 Å². The minimum absolute atomic E-state index is 0.0161. The van der Waals surface area contributed by atoms with E-state index in [9.17, 15) is 20.1 Å². The number of fused-ring (bicyclic) bond motifs is 8. The first-order valence-electron chi connectivity index (χ1n) is 27.6. The SMILES string of the molecule is C=C(CCC(OC=O)[C@H]1CC[C@@]2(C)C3=C(CC[C@]12C)[C@@]1(C)CC[C@H](O)C(C)(C)[C@@H]1CC3)C(C)C.C=C(CC[C@@H](C)[C@H]1CC[C@H]2C3=C(CC[C@]12C)[C@@]1(C)CC[C@@H](O)C(C)(C)[C@@H]1C[C@@H]3O)C(C)C. The lowest BCUT2D eigenvalue weighted by atomic mass is 9.43. The minimum Gasteiger partial charge on any atom is -0.464 e. The van der Waals surface area contributed by atoms with Crippen molar-refractivity contribution < 1.29 is 24.9 Å². The second kappa shape index (κ2) is 18.5. The van der Waals surface area contributed by atoms with Crippen LogP contribution in [0, 0.1) is 85.2 Å². The molecule has 4 fully saturated rings. The van der Waals surface area contributed by atoms with E-state index in [4.69, 9.17) is 4.74 Å². The topological polar surface area (TPSA) is 87.0 Å². The van der Waals surface area contributed by atoms with Gasteiger partial charge in [0.15, 0.2) is 0 Å². The van der Waals surface area contributed by atoms with E-state index >= 15 is 0 Å². The van der Waals surface area contributed by atoms with Crippen LogP contribution in [0.25, 0.3) is 0 Å². The Morgan fingerprint density at radius 1 is 0.636 bits per heavy atom. The Morgan fingerprint density at radius 2 is 1.20 bits per heavy atom. The largest absolute Gasteiger partial charge is 0.464 e. The average molecular weight is 913 g/mol. The monoisotopic (exact) mass is 913 g/mol. The molecule has 0 heterocycles. The molecule has 5 heteroatoms. The van der Waals surface area contributed by atoms with Gasteiger partial charge in [-0.2, -0.15) is 0 Å². The molecule has 0 spiro atoms. The van der Waals surface area contributed by atoms with Gasteiger partial charge in [-0.15, -0.1) is 0 Å². The van der Waals surface area contributed by atoms with Crippen molar-refractivity contribution in [3.05, 3.63) is 46.6 Å². The number of ether oxygens (including phenoxy) is 1. The number of aliphatic hydroxyl groups excluding tert-OH is 3. The quantitative estimate of drug-likeness (QED) is 0.134. The molecule has 0 bridgehead atoms. The summed E-state index contributed by atoms with van der Waals surface area (Å²) in [5, 5.41) is 33.2. The zero-order chi connectivity index (χ0) is 48.7. The Hall–Kier alpha value is -1.69. The molecule has 0 aromatic carbocycles. The van der Waals surface area contributed by atoms with Crippen LogP contribution in [0.2, 0.25) is 0 Å². The van der Waals surface area contributed by atoms with E-state index in [0.29, 0.717) is 47.4 Å². The molecule has 0 saturated heterocycles. The van der Waals surface area contributed by atoms with Crippen LogP contribution in [-0.2, 0) is 9.53 Å². The van der Waals surface area contributed by atoms with Crippen molar-refractivity contribution in [2.75, 3.05) is 0 Å². The molecule has 0 aromatic heterocycles. The highest BCUT2D eigenvalue weighted by molar-refractivity contribution is 5.41. The van der Waals surface area contributed by atoms with Crippen molar-refractivity contribution in [3.63, 3.8) is 0 Å². The summed E-state index contributed by atoms with van der Waals surface area (Å²) >= 11 is 0. The van der Waals surface area contributed by atoms with Gasteiger partial charge in [0.2, 0.25) is 0 Å². The number of rotatable bonds is 12. The molecule has 0 aliphatic heterocycles. The van der Waals surface area contributed by atoms with Crippen molar-refractivity contribution in [1.29, 1.82) is 0 Å². The smallest absolute Gasteiger partial charge is 0.293 e. The zero-order valence-electron chi connectivity index (χ0n) is 45.0. The Labute approximate surface area is 404 Å². The van der Waals surface area contributed by atoms with Crippen molar-refractivity contribution in [2.24, 2.45) is 85.2 Å². The molecule has 3 N–H and O–H groups in total. The predicted octanol–water partition coefficient (Wildman–Crippen LogP) is 14.9. The van der Waals surface area contributed by atoms with E-state index in [0.717, 1.165) is 76.0 Å². The van der Waals surface area contributed by atoms with Gasteiger partial charge < -0.3 is 20.1 Å². The van der Waals surface area contributed by atoms with Crippen LogP contribution in [-0.4, -0.2) is 46.2 Å². The van der Waals surface area contributed by atoms with Crippen molar-refractivity contribution in [1.82, 2.24) is 0 Å². The van der Waals surface area contributed by atoms with Crippen LogP contribution in [0.3, 0.4) is 0 Å². The molecular formula is C61H100O5. The highest BCUT2D eigenvalue weighted by Gasteiger charge is 2.65. The Kier molecular flexibility index (Phi) is 14.6. The van der Waals surface area contributed by atoms with Gasteiger partial charge in [0.05, 0.1) is 18.3 Å². The summed E-state index contributed by atoms with van der Waals surface area (Å²) in [6.07, 6.45) is 20.4. The molecular weight excluding hydrogens is 813 g/mol. The molecule has 8 aliphatic rings. The highest BCUT2D eigenvalue weighted by atomic mass is 16.5. The molecule has 15 atom stereocenters. The molecule has 66 heavy (non-hydrogen) atoms. The molecule has 0 aromatic rings. The second-order valence-electron chi connectivity index (χ2n) is 27.5. The molecule has 374 valence electrons. The number of carbonyl (C=O) groups is 1. The van der Waals surface area contributed by atoms with Gasteiger partial charge in [-0.25, -0.2) is 0 Å². The fourth-order valence-electron chi connectivity index (χ4n) is 18.4. The average Bonchev–Trinajstić information content (AvgIpc) is 3.75. The summed E-state index contributed by atoms with van der Waals surface area (Å²) < 4.78 is 5.83. The van der Waals surface area contributed by atoms with Crippen LogP contribution >= 0.6 is 0 Å². The normalized spacial score (nSPS) is 43.0. The van der Waals surface area contributed by atoms with Crippen molar-refractivity contribution in [3.8, 4) is 0 Å². The minimum atomic E-state index is -0.313. The fraction of sp³-hybridized carbons (Fsp3) is 0.852. The van der Waals surface area contributed by atoms with Gasteiger partial charge in [-0.05, 0) is 207 Å². The number of hydrogen-bond acceptors (Lipinski definition) is 5. The van der Waals surface area contributed by atoms with Gasteiger partial charge in [-0.1, -0.05) is 138 Å². The van der Waals surface area contributed by atoms with E-state index in [2.05, 4.69) is 110 Å². The summed E-state index contributed by atoms with van der Waals surface area (Å²) in [5.41, 5.74) is 10.1. The van der Waals surface area contributed by atoms with E-state index < -0.39 is 0 Å². The fourth-order valence-corrected chi connectivity index (χ4v) is 18.4. The summed E-state index contributed by atoms with van der Waals surface area (Å²) in [7, 11) is 0. The maximum Gasteiger partial charge on any atom is 0.293 e. The van der Waals surface area contributed by atoms with E-state index in [1.54, 1.807) is 16.7 Å². The molecule has 5 nitrogen and oxygen atoms in total. The molecule has 8 rings (SSSR count). The molecule has 1 unspecified atom stereocenters. The van der Waals surface area contributed by atoms with E-state index in [-0.39, 0.29) is 56.9 Å². The lowest BCUT2D eigenvalue weighted by molar-refractivity contribution is -0.140. The molecule has 8 aliphatic carbocycles. The molecule has 0 amide bonds. The summed E-state index contributed by atoms with van der Waals surface area (Å²) in [4.78, 5) is 11.5. The van der Waals surface area contributed by atoms with Gasteiger partial charge >= 0.3 is 0 Å². The zero-order valence-corrected chi connectivity index (χ0v) is 45.0. The summed E-state index contributed by atoms with van der Waals surface area (Å²) in [6.45, 7) is 42.4. The summed E-state index contributed by atoms with van der Waals surface area (Å²) in [6, 6.07) is 0. The first-order valence-corrected chi connectivity index (χ1v) is 27.6. The van der Waals surface area contributed by atoms with Crippen molar-refractivity contribution in [2.45, 2.75) is 243 Å². The van der Waals surface area contributed by atoms with Crippen LogP contribution in [0.1, 0.15) is 219 Å². The third kappa shape index (κ3) is 8.27. The second-order valence-corrected chi connectivity index (χ2v) is 27.5. The van der Waals surface area contributed by atoms with Gasteiger partial charge in [-0.3, -0.25) is 4.79 Å². The number of aliphatic hydroxyl groups is 3. The molecule has 4 saturated carbocycles. The molecule has 0 radical (unpaired) electrons. The van der Waals surface area contributed by atoms with Crippen LogP contribution in [0.4, 0.5) is 0 Å². The lowest BCUT2D eigenvalue weighted by Gasteiger charge is -2.62. The predicted molar refractivity (Wildman–Crippen MR) is 273 cm³/mol. The first kappa shape index (κ1) is 52.1. The van der Waals surface area contributed by atoms with E-state index in [1.807, 2.05) is 0 Å². The van der Waals surface area contributed by atoms with E-state index in [1.165, 1.54) is 74.5 Å². The van der Waals surface area contributed by atoms with Crippen LogP contribution in [0.5, 0.6) is 0 Å². The number of carbonyl (C=O) groups excluding carboxylic acids is 1. The maximum absolute atomic E-state index is 11.5. The highest BCUT2D eigenvalue weighted by Crippen LogP contribution is 2.73. The maximum atomic E-state index is 11.5. The first-order chi connectivity index (χ1) is 30.7. The Bertz CT molecular complexity index is 1900. The van der Waals surface area contributed by atoms with Gasteiger partial charge in [0, 0.05) is 5.92 Å². The standard InChI is InChI=1S/C31H50O3.C30H50O2/c1-20(2)21(3)9-11-25(34-19-32)24-14-18-30(7)23-10-12-26-28(4,5)27(33)15-16-29(26,6)22(23)13-17-31(24,30)8;1-18(2)19(3)9-10-20(4)21-11-12-22-27-23(13-15-29(21,22)7)30(8)16-14-26(32)28(5,6)25(30)17-24(27)31/h19-20,24-27,33H,3,9-18H2,1-2,4-8H3;18,20-22,24-26,31-32H,3,9-17H2,1-2,4-8H3/t24-,25?,26+,27+,29-,30+,31-;20-,21-,22+,24+,25+,26-,29-,30-/m11/s1. The number of hydrogen-bond donors (Lipinski definition) is 3. The van der Waals surface area contributed by atoms with Crippen molar-refractivity contribution >= 4 is 6.47 Å².